The minimum absolute atomic E-state index is 0.229. The number of benzene rings is 1. The molecule has 1 aromatic carbocycles. The number of hydrogen-bond donors (Lipinski definition) is 1. The topological polar surface area (TPSA) is 74.0 Å². The summed E-state index contributed by atoms with van der Waals surface area (Å²) >= 11 is 5.77. The van der Waals surface area contributed by atoms with Crippen molar-refractivity contribution in [1.82, 2.24) is 14.6 Å². The number of rotatable bonds is 1. The van der Waals surface area contributed by atoms with Crippen molar-refractivity contribution in [2.45, 2.75) is 0 Å². The Morgan fingerprint density at radius 2 is 2.05 bits per heavy atom. The number of H-pyrrole nitrogens is 1. The van der Waals surface area contributed by atoms with Crippen LogP contribution < -0.4 is 5.56 Å². The van der Waals surface area contributed by atoms with Crippen molar-refractivity contribution < 1.29 is 0 Å². The second-order valence-electron chi connectivity index (χ2n) is 3.97. The molecular weight excluding hydrogens is 264 g/mol. The van der Waals surface area contributed by atoms with Crippen LogP contribution >= 0.6 is 11.6 Å². The third-order valence-electron chi connectivity index (χ3n) is 2.80. The molecule has 0 saturated heterocycles. The fourth-order valence-corrected chi connectivity index (χ4v) is 2.11. The van der Waals surface area contributed by atoms with Crippen LogP contribution in [-0.2, 0) is 0 Å². The number of hydrogen-bond acceptors (Lipinski definition) is 3. The Morgan fingerprint density at radius 3 is 2.74 bits per heavy atom. The van der Waals surface area contributed by atoms with Crippen LogP contribution in [0.2, 0.25) is 5.15 Å². The van der Waals surface area contributed by atoms with E-state index in [2.05, 4.69) is 10.1 Å². The molecule has 19 heavy (non-hydrogen) atoms. The molecular formula is C13H7ClN4O. The maximum atomic E-state index is 11.9. The SMILES string of the molecule is N#Cc1ccc(-c2cnn3cc(Cl)[nH]c(=O)c23)cc1. The fraction of sp³-hybridized carbons (Fsp3) is 0. The molecule has 3 aromatic rings. The van der Waals surface area contributed by atoms with Crippen LogP contribution in [0.3, 0.4) is 0 Å². The second kappa shape index (κ2) is 4.26. The number of halogens is 1. The van der Waals surface area contributed by atoms with Crippen molar-refractivity contribution in [3.8, 4) is 17.2 Å². The average molecular weight is 271 g/mol. The Morgan fingerprint density at radius 1 is 1.32 bits per heavy atom. The lowest BCUT2D eigenvalue weighted by molar-refractivity contribution is 0.936. The van der Waals surface area contributed by atoms with Crippen molar-refractivity contribution >= 4 is 17.1 Å². The zero-order valence-corrected chi connectivity index (χ0v) is 10.3. The molecule has 5 nitrogen and oxygen atoms in total. The quantitative estimate of drug-likeness (QED) is 0.737. The van der Waals surface area contributed by atoms with Crippen molar-refractivity contribution in [2.75, 3.05) is 0 Å². The molecule has 0 aliphatic rings. The number of nitrogens with zero attached hydrogens (tertiary/aromatic N) is 3. The van der Waals surface area contributed by atoms with Gasteiger partial charge in [0.15, 0.2) is 0 Å². The maximum Gasteiger partial charge on any atom is 0.275 e. The Labute approximate surface area is 112 Å². The summed E-state index contributed by atoms with van der Waals surface area (Å²) in [4.78, 5) is 14.5. The summed E-state index contributed by atoms with van der Waals surface area (Å²) in [6.07, 6.45) is 3.13. The lowest BCUT2D eigenvalue weighted by Crippen LogP contribution is -2.10. The molecule has 0 amide bonds. The van der Waals surface area contributed by atoms with Crippen LogP contribution in [-0.4, -0.2) is 14.6 Å². The van der Waals surface area contributed by atoms with E-state index in [4.69, 9.17) is 16.9 Å². The normalized spacial score (nSPS) is 10.5. The van der Waals surface area contributed by atoms with E-state index in [1.54, 1.807) is 30.5 Å². The molecule has 0 unspecified atom stereocenters. The highest BCUT2D eigenvalue weighted by atomic mass is 35.5. The van der Waals surface area contributed by atoms with Crippen LogP contribution in [0.25, 0.3) is 16.6 Å². The van der Waals surface area contributed by atoms with Crippen LogP contribution in [0.1, 0.15) is 5.56 Å². The smallest absolute Gasteiger partial charge is 0.275 e. The van der Waals surface area contributed by atoms with Gasteiger partial charge < -0.3 is 4.98 Å². The van der Waals surface area contributed by atoms with Gasteiger partial charge in [-0.25, -0.2) is 4.52 Å². The van der Waals surface area contributed by atoms with E-state index in [0.29, 0.717) is 16.6 Å². The van der Waals surface area contributed by atoms with Crippen molar-refractivity contribution in [1.29, 1.82) is 5.26 Å². The molecule has 0 saturated carbocycles. The molecule has 1 N–H and O–H groups in total. The van der Waals surface area contributed by atoms with Crippen LogP contribution in [0.4, 0.5) is 0 Å². The highest BCUT2D eigenvalue weighted by molar-refractivity contribution is 6.29. The summed E-state index contributed by atoms with van der Waals surface area (Å²) < 4.78 is 1.44. The van der Waals surface area contributed by atoms with Crippen molar-refractivity contribution in [3.05, 3.63) is 57.7 Å². The van der Waals surface area contributed by atoms with Gasteiger partial charge in [-0.2, -0.15) is 10.4 Å². The second-order valence-corrected chi connectivity index (χ2v) is 4.38. The van der Waals surface area contributed by atoms with Crippen molar-refractivity contribution in [2.24, 2.45) is 0 Å². The number of aromatic nitrogens is 3. The first-order chi connectivity index (χ1) is 9.19. The standard InChI is InChI=1S/C13H7ClN4O/c14-11-7-18-12(13(19)17-11)10(6-16-18)9-3-1-8(5-15)2-4-9/h1-4,6-7H,(H,17,19). The van der Waals surface area contributed by atoms with Gasteiger partial charge in [0.25, 0.3) is 5.56 Å². The van der Waals surface area contributed by atoms with E-state index < -0.39 is 0 Å². The molecule has 2 aromatic heterocycles. The van der Waals surface area contributed by atoms with Gasteiger partial charge in [-0.15, -0.1) is 0 Å². The molecule has 0 aliphatic heterocycles. The molecule has 0 aliphatic carbocycles. The third kappa shape index (κ3) is 1.88. The summed E-state index contributed by atoms with van der Waals surface area (Å²) in [7, 11) is 0. The molecule has 92 valence electrons. The minimum Gasteiger partial charge on any atom is -0.310 e. The summed E-state index contributed by atoms with van der Waals surface area (Å²) in [6.45, 7) is 0. The van der Waals surface area contributed by atoms with Gasteiger partial charge in [0.1, 0.15) is 10.7 Å². The third-order valence-corrected chi connectivity index (χ3v) is 3.00. The van der Waals surface area contributed by atoms with Gasteiger partial charge >= 0.3 is 0 Å². The molecule has 0 bridgehead atoms. The predicted octanol–water partition coefficient (Wildman–Crippen LogP) is 2.21. The van der Waals surface area contributed by atoms with Gasteiger partial charge in [-0.1, -0.05) is 23.7 Å². The Balaban J connectivity index is 2.26. The number of aromatic amines is 1. The van der Waals surface area contributed by atoms with Crippen LogP contribution in [0.5, 0.6) is 0 Å². The van der Waals surface area contributed by atoms with E-state index >= 15 is 0 Å². The first-order valence-electron chi connectivity index (χ1n) is 5.46. The lowest BCUT2D eigenvalue weighted by Gasteiger charge is -1.99. The Kier molecular flexibility index (Phi) is 2.58. The number of nitriles is 1. The summed E-state index contributed by atoms with van der Waals surface area (Å²) in [5.74, 6) is 0. The summed E-state index contributed by atoms with van der Waals surface area (Å²) in [6, 6.07) is 9.01. The number of fused-ring (bicyclic) bond motifs is 1. The molecule has 0 atom stereocenters. The van der Waals surface area contributed by atoms with E-state index in [0.717, 1.165) is 5.56 Å². The number of nitrogens with one attached hydrogen (secondary N) is 1. The van der Waals surface area contributed by atoms with Crippen molar-refractivity contribution in [3.63, 3.8) is 0 Å². The molecule has 0 radical (unpaired) electrons. The molecule has 6 heteroatoms. The maximum absolute atomic E-state index is 11.9. The summed E-state index contributed by atoms with van der Waals surface area (Å²) in [5, 5.41) is 13.1. The van der Waals surface area contributed by atoms with E-state index in [1.165, 1.54) is 10.7 Å². The lowest BCUT2D eigenvalue weighted by atomic mass is 10.1. The first-order valence-corrected chi connectivity index (χ1v) is 5.83. The Bertz CT molecular complexity index is 855. The minimum atomic E-state index is -0.302. The molecule has 3 rings (SSSR count). The largest absolute Gasteiger partial charge is 0.310 e. The Hall–Kier alpha value is -2.58. The highest BCUT2D eigenvalue weighted by Crippen LogP contribution is 2.23. The fourth-order valence-electron chi connectivity index (χ4n) is 1.93. The zero-order chi connectivity index (χ0) is 13.4. The monoisotopic (exact) mass is 270 g/mol. The van der Waals surface area contributed by atoms with Gasteiger partial charge in [-0.05, 0) is 17.7 Å². The predicted molar refractivity (Wildman–Crippen MR) is 71.0 cm³/mol. The van der Waals surface area contributed by atoms with E-state index in [9.17, 15) is 4.79 Å². The highest BCUT2D eigenvalue weighted by Gasteiger charge is 2.10. The van der Waals surface area contributed by atoms with E-state index in [1.807, 2.05) is 6.07 Å². The van der Waals surface area contributed by atoms with E-state index in [-0.39, 0.29) is 10.7 Å². The molecule has 0 spiro atoms. The molecule has 0 fully saturated rings. The summed E-state index contributed by atoms with van der Waals surface area (Å²) in [5.41, 5.74) is 2.21. The van der Waals surface area contributed by atoms with Crippen LogP contribution in [0.15, 0.2) is 41.5 Å². The van der Waals surface area contributed by atoms with Gasteiger partial charge in [0.2, 0.25) is 0 Å². The van der Waals surface area contributed by atoms with Crippen LogP contribution in [0, 0.1) is 11.3 Å². The first kappa shape index (κ1) is 11.5. The average Bonchev–Trinajstić information content (AvgIpc) is 2.83. The van der Waals surface area contributed by atoms with Gasteiger partial charge in [-0.3, -0.25) is 4.79 Å². The van der Waals surface area contributed by atoms with Gasteiger partial charge in [0, 0.05) is 5.56 Å². The molecule has 2 heterocycles. The van der Waals surface area contributed by atoms with Gasteiger partial charge in [0.05, 0.1) is 24.0 Å². The zero-order valence-electron chi connectivity index (χ0n) is 9.59.